The van der Waals surface area contributed by atoms with Gasteiger partial charge in [-0.1, -0.05) is 15.9 Å². The quantitative estimate of drug-likeness (QED) is 0.738. The number of ether oxygens (including phenoxy) is 1. The van der Waals surface area contributed by atoms with Gasteiger partial charge >= 0.3 is 0 Å². The van der Waals surface area contributed by atoms with E-state index in [-0.39, 0.29) is 0 Å². The lowest BCUT2D eigenvalue weighted by molar-refractivity contribution is 0.111. The Morgan fingerprint density at radius 3 is 3.00 bits per heavy atom. The summed E-state index contributed by atoms with van der Waals surface area (Å²) < 4.78 is 5.64. The smallest absolute Gasteiger partial charge is 0.0750 e. The third-order valence-electron chi connectivity index (χ3n) is 2.32. The first-order chi connectivity index (χ1) is 6.27. The van der Waals surface area contributed by atoms with Gasteiger partial charge in [-0.05, 0) is 31.9 Å². The summed E-state index contributed by atoms with van der Waals surface area (Å²) in [6, 6.07) is 4.37. The molecule has 0 radical (unpaired) electrons. The van der Waals surface area contributed by atoms with Crippen molar-refractivity contribution in [1.29, 1.82) is 0 Å². The number of halogens is 1. The van der Waals surface area contributed by atoms with E-state index in [4.69, 9.17) is 4.74 Å². The molecule has 72 valence electrons. The van der Waals surface area contributed by atoms with Gasteiger partial charge in [-0.2, -0.15) is 0 Å². The Morgan fingerprint density at radius 2 is 2.46 bits per heavy atom. The fourth-order valence-corrected chi connectivity index (χ4v) is 3.38. The van der Waals surface area contributed by atoms with E-state index >= 15 is 0 Å². The van der Waals surface area contributed by atoms with Crippen molar-refractivity contribution in [3.8, 4) is 0 Å². The lowest BCUT2D eigenvalue weighted by atomic mass is 10.1. The van der Waals surface area contributed by atoms with Crippen molar-refractivity contribution in [2.75, 3.05) is 6.61 Å². The van der Waals surface area contributed by atoms with Crippen molar-refractivity contribution >= 4 is 27.3 Å². The van der Waals surface area contributed by atoms with E-state index in [1.165, 1.54) is 22.6 Å². The average molecular weight is 261 g/mol. The molecule has 0 bridgehead atoms. The molecule has 1 fully saturated rings. The van der Waals surface area contributed by atoms with E-state index in [1.54, 1.807) is 0 Å². The molecule has 1 nitrogen and oxygen atoms in total. The van der Waals surface area contributed by atoms with Gasteiger partial charge in [-0.3, -0.25) is 0 Å². The van der Waals surface area contributed by atoms with Crippen LogP contribution in [-0.2, 0) is 4.74 Å². The van der Waals surface area contributed by atoms with Crippen LogP contribution >= 0.6 is 27.3 Å². The van der Waals surface area contributed by atoms with Crippen LogP contribution in [-0.4, -0.2) is 12.7 Å². The zero-order valence-corrected chi connectivity index (χ0v) is 10.0. The van der Waals surface area contributed by atoms with Gasteiger partial charge in [0.1, 0.15) is 0 Å². The van der Waals surface area contributed by atoms with Crippen molar-refractivity contribution < 1.29 is 4.74 Å². The second-order valence-electron chi connectivity index (χ2n) is 3.40. The highest BCUT2D eigenvalue weighted by Gasteiger charge is 2.25. The number of aryl methyl sites for hydroxylation is 1. The second-order valence-corrected chi connectivity index (χ2v) is 5.71. The molecule has 0 saturated carbocycles. The molecule has 1 aromatic heterocycles. The van der Waals surface area contributed by atoms with Gasteiger partial charge in [0.15, 0.2) is 0 Å². The first kappa shape index (κ1) is 9.69. The van der Waals surface area contributed by atoms with Gasteiger partial charge in [-0.15, -0.1) is 11.3 Å². The van der Waals surface area contributed by atoms with E-state index in [1.807, 2.05) is 11.3 Å². The van der Waals surface area contributed by atoms with Crippen LogP contribution in [0.2, 0.25) is 0 Å². The molecule has 2 rings (SSSR count). The minimum atomic E-state index is 0.387. The van der Waals surface area contributed by atoms with E-state index in [0.29, 0.717) is 10.9 Å². The molecule has 0 N–H and O–H groups in total. The predicted octanol–water partition coefficient (Wildman–Crippen LogP) is 3.67. The number of hydrogen-bond acceptors (Lipinski definition) is 2. The van der Waals surface area contributed by atoms with Crippen LogP contribution in [0, 0.1) is 6.92 Å². The highest BCUT2D eigenvalue weighted by atomic mass is 79.9. The lowest BCUT2D eigenvalue weighted by Gasteiger charge is -2.14. The zero-order valence-electron chi connectivity index (χ0n) is 7.63. The molecule has 0 spiro atoms. The maximum Gasteiger partial charge on any atom is 0.0750 e. The Hall–Kier alpha value is 0.140. The fraction of sp³-hybridized carbons (Fsp3) is 0.600. The predicted molar refractivity (Wildman–Crippen MR) is 59.7 cm³/mol. The SMILES string of the molecule is Cc1ccc(C(Br)C2CCCO2)s1. The summed E-state index contributed by atoms with van der Waals surface area (Å²) in [4.78, 5) is 3.16. The van der Waals surface area contributed by atoms with Crippen LogP contribution < -0.4 is 0 Å². The summed E-state index contributed by atoms with van der Waals surface area (Å²) in [6.07, 6.45) is 2.78. The van der Waals surface area contributed by atoms with Crippen LogP contribution in [0.5, 0.6) is 0 Å². The van der Waals surface area contributed by atoms with Crippen LogP contribution in [0.3, 0.4) is 0 Å². The standard InChI is InChI=1S/C10H13BrOS/c1-7-4-5-9(13-7)10(11)8-3-2-6-12-8/h4-5,8,10H,2-3,6H2,1H3. The molecule has 2 heterocycles. The normalized spacial score (nSPS) is 24.9. The number of thiophene rings is 1. The molecule has 3 heteroatoms. The van der Waals surface area contributed by atoms with E-state index < -0.39 is 0 Å². The number of rotatable bonds is 2. The summed E-state index contributed by atoms with van der Waals surface area (Å²) in [5.41, 5.74) is 0. The van der Waals surface area contributed by atoms with Crippen molar-refractivity contribution in [3.05, 3.63) is 21.9 Å². The first-order valence-corrected chi connectivity index (χ1v) is 6.32. The Bertz CT molecular complexity index is 278. The Labute approximate surface area is 91.2 Å². The Kier molecular flexibility index (Phi) is 3.06. The maximum atomic E-state index is 5.64. The summed E-state index contributed by atoms with van der Waals surface area (Å²) in [5.74, 6) is 0. The van der Waals surface area contributed by atoms with Crippen LogP contribution in [0.25, 0.3) is 0 Å². The molecule has 2 unspecified atom stereocenters. The molecule has 1 aliphatic rings. The molecule has 0 aliphatic carbocycles. The molecular weight excluding hydrogens is 248 g/mol. The summed E-state index contributed by atoms with van der Waals surface area (Å²) in [5, 5.41) is 0. The third-order valence-corrected chi connectivity index (χ3v) is 4.79. The first-order valence-electron chi connectivity index (χ1n) is 4.59. The molecule has 13 heavy (non-hydrogen) atoms. The minimum absolute atomic E-state index is 0.387. The van der Waals surface area contributed by atoms with Crippen molar-refractivity contribution in [1.82, 2.24) is 0 Å². The monoisotopic (exact) mass is 260 g/mol. The van der Waals surface area contributed by atoms with Crippen LogP contribution in [0.1, 0.15) is 27.4 Å². The van der Waals surface area contributed by atoms with E-state index in [0.717, 1.165) is 6.61 Å². The highest BCUT2D eigenvalue weighted by Crippen LogP contribution is 2.37. The molecule has 1 saturated heterocycles. The molecule has 0 amide bonds. The molecule has 1 aromatic rings. The van der Waals surface area contributed by atoms with Crippen molar-refractivity contribution in [3.63, 3.8) is 0 Å². The molecule has 2 atom stereocenters. The minimum Gasteiger partial charge on any atom is -0.377 e. The van der Waals surface area contributed by atoms with Crippen molar-refractivity contribution in [2.45, 2.75) is 30.7 Å². The van der Waals surface area contributed by atoms with Crippen LogP contribution in [0.4, 0.5) is 0 Å². The lowest BCUT2D eigenvalue weighted by Crippen LogP contribution is -2.10. The van der Waals surface area contributed by atoms with Crippen LogP contribution in [0.15, 0.2) is 12.1 Å². The van der Waals surface area contributed by atoms with Crippen molar-refractivity contribution in [2.24, 2.45) is 0 Å². The molecule has 0 aromatic carbocycles. The molecule has 1 aliphatic heterocycles. The van der Waals surface area contributed by atoms with Gasteiger partial charge in [0.2, 0.25) is 0 Å². The fourth-order valence-electron chi connectivity index (χ4n) is 1.62. The Morgan fingerprint density at radius 1 is 1.62 bits per heavy atom. The van der Waals surface area contributed by atoms with Gasteiger partial charge < -0.3 is 4.74 Å². The van der Waals surface area contributed by atoms with E-state index in [2.05, 4.69) is 35.0 Å². The van der Waals surface area contributed by atoms with Gasteiger partial charge in [-0.25, -0.2) is 0 Å². The van der Waals surface area contributed by atoms with Gasteiger partial charge in [0.05, 0.1) is 10.9 Å². The summed E-state index contributed by atoms with van der Waals surface area (Å²) in [6.45, 7) is 3.07. The Balaban J connectivity index is 2.07. The number of hydrogen-bond donors (Lipinski definition) is 0. The summed E-state index contributed by atoms with van der Waals surface area (Å²) >= 11 is 5.57. The topological polar surface area (TPSA) is 9.23 Å². The third kappa shape index (κ3) is 2.14. The largest absolute Gasteiger partial charge is 0.377 e. The van der Waals surface area contributed by atoms with Gasteiger partial charge in [0, 0.05) is 16.4 Å². The van der Waals surface area contributed by atoms with Gasteiger partial charge in [0.25, 0.3) is 0 Å². The highest BCUT2D eigenvalue weighted by molar-refractivity contribution is 9.09. The summed E-state index contributed by atoms with van der Waals surface area (Å²) in [7, 11) is 0. The average Bonchev–Trinajstić information content (AvgIpc) is 2.72. The second kappa shape index (κ2) is 4.11. The van der Waals surface area contributed by atoms with E-state index in [9.17, 15) is 0 Å². The molecular formula is C10H13BrOS. The number of alkyl halides is 1. The zero-order chi connectivity index (χ0) is 9.26. The maximum absolute atomic E-state index is 5.64.